The fourth-order valence-electron chi connectivity index (χ4n) is 2.18. The number of likely N-dealkylation sites (N-methyl/N-ethyl adjacent to an activating group) is 1. The van der Waals surface area contributed by atoms with Crippen LogP contribution in [0, 0.1) is 5.82 Å². The van der Waals surface area contributed by atoms with E-state index in [9.17, 15) is 17.6 Å². The first kappa shape index (κ1) is 19.1. The Balaban J connectivity index is 2.25. The summed E-state index contributed by atoms with van der Waals surface area (Å²) < 4.78 is 49.9. The summed E-state index contributed by atoms with van der Waals surface area (Å²) in [5, 5.41) is -0.0794. The molecule has 0 amide bonds. The summed E-state index contributed by atoms with van der Waals surface area (Å²) in [5.41, 5.74) is 0.249. The number of halogens is 2. The summed E-state index contributed by atoms with van der Waals surface area (Å²) in [6.45, 7) is 2.59. The van der Waals surface area contributed by atoms with Crippen molar-refractivity contribution in [1.29, 1.82) is 0 Å². The van der Waals surface area contributed by atoms with E-state index in [4.69, 9.17) is 21.1 Å². The molecule has 1 atom stereocenters. The van der Waals surface area contributed by atoms with E-state index in [0.717, 1.165) is 16.4 Å². The van der Waals surface area contributed by atoms with Crippen molar-refractivity contribution in [3.8, 4) is 0 Å². The molecule has 1 aromatic carbocycles. The maximum absolute atomic E-state index is 13.9. The lowest BCUT2D eigenvalue weighted by Gasteiger charge is -2.18. The minimum atomic E-state index is -3.95. The molecule has 0 aliphatic carbocycles. The number of ether oxygens (including phenoxy) is 2. The van der Waals surface area contributed by atoms with Crippen molar-refractivity contribution in [2.45, 2.75) is 30.8 Å². The van der Waals surface area contributed by atoms with Crippen molar-refractivity contribution in [3.63, 3.8) is 0 Å². The van der Waals surface area contributed by atoms with E-state index >= 15 is 0 Å². The highest BCUT2D eigenvalue weighted by Gasteiger charge is 2.32. The van der Waals surface area contributed by atoms with Crippen LogP contribution in [0.15, 0.2) is 17.0 Å². The second kappa shape index (κ2) is 7.77. The molecule has 1 aliphatic rings. The molecule has 1 saturated heterocycles. The van der Waals surface area contributed by atoms with Crippen molar-refractivity contribution in [2.24, 2.45) is 0 Å². The number of benzene rings is 1. The number of carbonyl (C=O) groups is 1. The summed E-state index contributed by atoms with van der Waals surface area (Å²) in [6.07, 6.45) is -0.0595. The molecule has 0 spiro atoms. The number of hydrogen-bond acceptors (Lipinski definition) is 5. The zero-order valence-corrected chi connectivity index (χ0v) is 15.0. The first-order chi connectivity index (χ1) is 11.3. The van der Waals surface area contributed by atoms with Gasteiger partial charge in [0.15, 0.2) is 0 Å². The smallest absolute Gasteiger partial charge is 0.306 e. The Morgan fingerprint density at radius 3 is 2.75 bits per heavy atom. The summed E-state index contributed by atoms with van der Waals surface area (Å²) in [4.78, 5) is 11.1. The third-order valence-electron chi connectivity index (χ3n) is 3.53. The lowest BCUT2D eigenvalue weighted by Crippen LogP contribution is -2.31. The molecule has 1 aliphatic heterocycles. The monoisotopic (exact) mass is 379 g/mol. The maximum Gasteiger partial charge on any atom is 0.306 e. The SMILES string of the molecule is CCOC(=O)CCc1cc(F)cc(S(=O)(=O)N(C)CC2CO2)c1Cl. The van der Waals surface area contributed by atoms with E-state index in [2.05, 4.69) is 0 Å². The molecule has 2 rings (SSSR count). The number of sulfonamides is 1. The van der Waals surface area contributed by atoms with Crippen LogP contribution in [0.1, 0.15) is 18.9 Å². The van der Waals surface area contributed by atoms with Gasteiger partial charge < -0.3 is 9.47 Å². The van der Waals surface area contributed by atoms with Gasteiger partial charge in [0.05, 0.1) is 24.3 Å². The molecular weight excluding hydrogens is 361 g/mol. The minimum Gasteiger partial charge on any atom is -0.466 e. The second-order valence-corrected chi connectivity index (χ2v) is 7.81. The molecule has 0 radical (unpaired) electrons. The third-order valence-corrected chi connectivity index (χ3v) is 5.94. The van der Waals surface area contributed by atoms with Crippen molar-refractivity contribution in [1.82, 2.24) is 4.31 Å². The lowest BCUT2D eigenvalue weighted by atomic mass is 10.1. The molecule has 0 saturated carbocycles. The van der Waals surface area contributed by atoms with Crippen LogP contribution in [0.3, 0.4) is 0 Å². The van der Waals surface area contributed by atoms with Gasteiger partial charge in [0, 0.05) is 20.0 Å². The van der Waals surface area contributed by atoms with Crippen molar-refractivity contribution in [2.75, 3.05) is 26.8 Å². The predicted molar refractivity (Wildman–Crippen MR) is 85.9 cm³/mol. The van der Waals surface area contributed by atoms with Crippen LogP contribution in [0.2, 0.25) is 5.02 Å². The van der Waals surface area contributed by atoms with Crippen molar-refractivity contribution >= 4 is 27.6 Å². The topological polar surface area (TPSA) is 76.2 Å². The van der Waals surface area contributed by atoms with E-state index < -0.39 is 21.8 Å². The Kier molecular flexibility index (Phi) is 6.19. The number of nitrogens with zero attached hydrogens (tertiary/aromatic N) is 1. The molecule has 0 bridgehead atoms. The highest BCUT2D eigenvalue weighted by molar-refractivity contribution is 7.89. The molecule has 0 aromatic heterocycles. The molecule has 9 heteroatoms. The summed E-state index contributed by atoms with van der Waals surface area (Å²) in [7, 11) is -2.57. The number of rotatable bonds is 8. The van der Waals surface area contributed by atoms with Gasteiger partial charge in [-0.05, 0) is 31.0 Å². The zero-order valence-electron chi connectivity index (χ0n) is 13.4. The number of aryl methyl sites for hydroxylation is 1. The van der Waals surface area contributed by atoms with E-state index in [-0.39, 0.29) is 47.6 Å². The van der Waals surface area contributed by atoms with Crippen LogP contribution in [-0.2, 0) is 30.7 Å². The average Bonchev–Trinajstić information content (AvgIpc) is 3.31. The molecular formula is C15H19ClFNO5S. The fraction of sp³-hybridized carbons (Fsp3) is 0.533. The Hall–Kier alpha value is -1.22. The molecule has 1 heterocycles. The Morgan fingerprint density at radius 1 is 1.50 bits per heavy atom. The Morgan fingerprint density at radius 2 is 2.17 bits per heavy atom. The van der Waals surface area contributed by atoms with Gasteiger partial charge >= 0.3 is 5.97 Å². The van der Waals surface area contributed by atoms with E-state index in [1.165, 1.54) is 7.05 Å². The van der Waals surface area contributed by atoms with Gasteiger partial charge in [-0.2, -0.15) is 4.31 Å². The zero-order chi connectivity index (χ0) is 17.9. The van der Waals surface area contributed by atoms with E-state index in [1.807, 2.05) is 0 Å². The number of esters is 1. The van der Waals surface area contributed by atoms with Gasteiger partial charge in [-0.1, -0.05) is 11.6 Å². The average molecular weight is 380 g/mol. The number of carbonyl (C=O) groups excluding carboxylic acids is 1. The Labute approximate surface area is 145 Å². The van der Waals surface area contributed by atoms with Crippen LogP contribution in [0.4, 0.5) is 4.39 Å². The minimum absolute atomic E-state index is 0.0117. The number of epoxide rings is 1. The van der Waals surface area contributed by atoms with Crippen LogP contribution >= 0.6 is 11.6 Å². The van der Waals surface area contributed by atoms with Crippen LogP contribution in [0.5, 0.6) is 0 Å². The molecule has 6 nitrogen and oxygen atoms in total. The first-order valence-corrected chi connectivity index (χ1v) is 9.29. The third kappa shape index (κ3) is 4.66. The summed E-state index contributed by atoms with van der Waals surface area (Å²) in [6, 6.07) is 2.01. The largest absolute Gasteiger partial charge is 0.466 e. The second-order valence-electron chi connectivity index (χ2n) is 5.42. The summed E-state index contributed by atoms with van der Waals surface area (Å²) in [5.74, 6) is -1.18. The number of hydrogen-bond donors (Lipinski definition) is 0. The maximum atomic E-state index is 13.9. The molecule has 1 aromatic rings. The van der Waals surface area contributed by atoms with Crippen LogP contribution < -0.4 is 0 Å². The molecule has 24 heavy (non-hydrogen) atoms. The predicted octanol–water partition coefficient (Wildman–Crippen LogP) is 1.99. The van der Waals surface area contributed by atoms with E-state index in [0.29, 0.717) is 6.61 Å². The van der Waals surface area contributed by atoms with Crippen molar-refractivity contribution in [3.05, 3.63) is 28.5 Å². The molecule has 1 fully saturated rings. The summed E-state index contributed by atoms with van der Waals surface area (Å²) >= 11 is 6.17. The van der Waals surface area contributed by atoms with Crippen LogP contribution in [0.25, 0.3) is 0 Å². The highest BCUT2D eigenvalue weighted by Crippen LogP contribution is 2.30. The quantitative estimate of drug-likeness (QED) is 0.510. The molecule has 134 valence electrons. The van der Waals surface area contributed by atoms with E-state index in [1.54, 1.807) is 6.92 Å². The first-order valence-electron chi connectivity index (χ1n) is 7.47. The van der Waals surface area contributed by atoms with Gasteiger partial charge in [0.2, 0.25) is 10.0 Å². The molecule has 1 unspecified atom stereocenters. The van der Waals surface area contributed by atoms with Gasteiger partial charge in [-0.25, -0.2) is 12.8 Å². The Bertz CT molecular complexity index is 721. The highest BCUT2D eigenvalue weighted by atomic mass is 35.5. The standard InChI is InChI=1S/C15H19ClFNO5S/c1-3-22-14(19)5-4-10-6-11(17)7-13(15(10)16)24(20,21)18(2)8-12-9-23-12/h6-7,12H,3-5,8-9H2,1-2H3. The normalized spacial score (nSPS) is 17.1. The van der Waals surface area contributed by atoms with Gasteiger partial charge in [-0.15, -0.1) is 0 Å². The van der Waals surface area contributed by atoms with Gasteiger partial charge in [0.1, 0.15) is 10.7 Å². The fourth-order valence-corrected chi connectivity index (χ4v) is 4.00. The van der Waals surface area contributed by atoms with Gasteiger partial charge in [0.25, 0.3) is 0 Å². The molecule has 0 N–H and O–H groups in total. The van der Waals surface area contributed by atoms with Crippen molar-refractivity contribution < 1.29 is 27.1 Å². The van der Waals surface area contributed by atoms with Gasteiger partial charge in [-0.3, -0.25) is 4.79 Å². The lowest BCUT2D eigenvalue weighted by molar-refractivity contribution is -0.143. The van der Waals surface area contributed by atoms with Crippen LogP contribution in [-0.4, -0.2) is 51.6 Å².